The van der Waals surface area contributed by atoms with E-state index in [0.717, 1.165) is 23.5 Å². The maximum Gasteiger partial charge on any atom is 0.251 e. The van der Waals surface area contributed by atoms with Gasteiger partial charge in [-0.25, -0.2) is 14.6 Å². The van der Waals surface area contributed by atoms with Gasteiger partial charge >= 0.3 is 0 Å². The molecule has 0 aromatic carbocycles. The normalized spacial score (nSPS) is 17.7. The third kappa shape index (κ3) is 2.30. The van der Waals surface area contributed by atoms with Gasteiger partial charge in [-0.05, 0) is 32.3 Å². The summed E-state index contributed by atoms with van der Waals surface area (Å²) >= 11 is 0. The summed E-state index contributed by atoms with van der Waals surface area (Å²) in [5.74, 6) is 1.61. The van der Waals surface area contributed by atoms with Crippen molar-refractivity contribution in [3.63, 3.8) is 0 Å². The van der Waals surface area contributed by atoms with Crippen molar-refractivity contribution in [3.8, 4) is 5.95 Å². The van der Waals surface area contributed by atoms with Gasteiger partial charge in [0.25, 0.3) is 5.95 Å². The molecule has 6 heteroatoms. The average Bonchev–Trinajstić information content (AvgIpc) is 2.76. The second kappa shape index (κ2) is 4.95. The number of carbonyl (C=O) groups excluding carboxylic acids is 1. The molecule has 1 aliphatic rings. The molecule has 2 heterocycles. The number of Topliss-reactive ketones (excluding diaryl/α,β-unsaturated/α-hetero) is 1. The fraction of sp³-hybridized carbons (Fsp3) is 0.467. The molecule has 0 radical (unpaired) electrons. The van der Waals surface area contributed by atoms with E-state index in [0.29, 0.717) is 29.7 Å². The van der Waals surface area contributed by atoms with E-state index >= 15 is 0 Å². The van der Waals surface area contributed by atoms with Crippen LogP contribution in [0.1, 0.15) is 40.8 Å². The Hall–Kier alpha value is -2.24. The van der Waals surface area contributed by atoms with Gasteiger partial charge in [0.05, 0.1) is 11.3 Å². The van der Waals surface area contributed by atoms with E-state index in [2.05, 4.69) is 27.3 Å². The molecule has 21 heavy (non-hydrogen) atoms. The number of hydrogen-bond donors (Lipinski definition) is 1. The van der Waals surface area contributed by atoms with Crippen molar-refractivity contribution in [1.82, 2.24) is 19.7 Å². The molecule has 110 valence electrons. The summed E-state index contributed by atoms with van der Waals surface area (Å²) in [4.78, 5) is 21.2. The Bertz CT molecular complexity index is 699. The van der Waals surface area contributed by atoms with E-state index in [1.807, 2.05) is 19.9 Å². The van der Waals surface area contributed by atoms with E-state index in [1.54, 1.807) is 11.7 Å². The summed E-state index contributed by atoms with van der Waals surface area (Å²) in [6.07, 6.45) is 1.38. The van der Waals surface area contributed by atoms with Crippen LogP contribution in [0.25, 0.3) is 5.95 Å². The van der Waals surface area contributed by atoms with E-state index in [-0.39, 0.29) is 5.78 Å². The van der Waals surface area contributed by atoms with Gasteiger partial charge in [0.15, 0.2) is 11.6 Å². The molecule has 3 rings (SSSR count). The summed E-state index contributed by atoms with van der Waals surface area (Å²) < 4.78 is 1.72. The molecule has 0 saturated heterocycles. The molecule has 1 aliphatic carbocycles. The minimum Gasteiger partial charge on any atom is -0.371 e. The van der Waals surface area contributed by atoms with Crippen LogP contribution in [0.15, 0.2) is 6.07 Å². The van der Waals surface area contributed by atoms with Crippen molar-refractivity contribution in [2.75, 3.05) is 12.4 Å². The largest absolute Gasteiger partial charge is 0.371 e. The van der Waals surface area contributed by atoms with Gasteiger partial charge in [-0.1, -0.05) is 6.92 Å². The van der Waals surface area contributed by atoms with Crippen molar-refractivity contribution < 1.29 is 4.79 Å². The Morgan fingerprint density at radius 1 is 1.24 bits per heavy atom. The maximum absolute atomic E-state index is 12.3. The van der Waals surface area contributed by atoms with Gasteiger partial charge in [0.2, 0.25) is 0 Å². The highest BCUT2D eigenvalue weighted by atomic mass is 16.1. The van der Waals surface area contributed by atoms with Crippen LogP contribution in [0, 0.1) is 19.8 Å². The summed E-state index contributed by atoms with van der Waals surface area (Å²) in [7, 11) is 1.78. The van der Waals surface area contributed by atoms with Crippen molar-refractivity contribution >= 4 is 11.6 Å². The number of aromatic nitrogens is 4. The zero-order chi connectivity index (χ0) is 15.1. The molecule has 0 amide bonds. The minimum absolute atomic E-state index is 0.142. The van der Waals surface area contributed by atoms with Crippen LogP contribution in [0.2, 0.25) is 0 Å². The van der Waals surface area contributed by atoms with Crippen molar-refractivity contribution in [1.29, 1.82) is 0 Å². The summed E-state index contributed by atoms with van der Waals surface area (Å²) in [5.41, 5.74) is 3.39. The molecule has 2 aromatic heterocycles. The zero-order valence-corrected chi connectivity index (χ0v) is 12.8. The van der Waals surface area contributed by atoms with Crippen molar-refractivity contribution in [2.24, 2.45) is 5.92 Å². The Balaban J connectivity index is 2.22. The van der Waals surface area contributed by atoms with E-state index < -0.39 is 0 Å². The number of fused-ring (bicyclic) bond motifs is 1. The Labute approximate surface area is 123 Å². The van der Waals surface area contributed by atoms with Gasteiger partial charge in [-0.2, -0.15) is 0 Å². The Kier molecular flexibility index (Phi) is 3.23. The molecule has 0 unspecified atom stereocenters. The lowest BCUT2D eigenvalue weighted by Crippen LogP contribution is -2.20. The van der Waals surface area contributed by atoms with Gasteiger partial charge in [0.1, 0.15) is 0 Å². The third-order valence-corrected chi connectivity index (χ3v) is 3.73. The predicted octanol–water partition coefficient (Wildman–Crippen LogP) is 2.09. The molecule has 6 nitrogen and oxygen atoms in total. The average molecular weight is 285 g/mol. The van der Waals surface area contributed by atoms with Gasteiger partial charge < -0.3 is 5.32 Å². The highest BCUT2D eigenvalue weighted by Gasteiger charge is 2.31. The Morgan fingerprint density at radius 2 is 1.90 bits per heavy atom. The fourth-order valence-corrected chi connectivity index (χ4v) is 2.90. The molecule has 2 aromatic rings. The monoisotopic (exact) mass is 285 g/mol. The van der Waals surface area contributed by atoms with E-state index in [9.17, 15) is 4.79 Å². The van der Waals surface area contributed by atoms with E-state index in [4.69, 9.17) is 0 Å². The standard InChI is InChI=1S/C15H19N5O/c1-8-5-11-13(12(21)6-8)14(16-4)19-20(11)15-17-9(2)7-10(3)18-15/h7-8H,5-6H2,1-4H3,(H,16,19)/t8-/m0/s1. The molecule has 0 bridgehead atoms. The molecular formula is C15H19N5O. The van der Waals surface area contributed by atoms with Crippen LogP contribution in [0.3, 0.4) is 0 Å². The maximum atomic E-state index is 12.3. The second-order valence-corrected chi connectivity index (χ2v) is 5.72. The second-order valence-electron chi connectivity index (χ2n) is 5.72. The summed E-state index contributed by atoms with van der Waals surface area (Å²) in [6, 6.07) is 1.92. The quantitative estimate of drug-likeness (QED) is 0.914. The number of hydrogen-bond acceptors (Lipinski definition) is 5. The topological polar surface area (TPSA) is 72.7 Å². The lowest BCUT2D eigenvalue weighted by molar-refractivity contribution is 0.0953. The first-order chi connectivity index (χ1) is 9.99. The summed E-state index contributed by atoms with van der Waals surface area (Å²) in [5, 5.41) is 7.52. The molecule has 0 spiro atoms. The number of nitrogens with one attached hydrogen (secondary N) is 1. The molecule has 1 atom stereocenters. The molecule has 1 N–H and O–H groups in total. The number of ketones is 1. The highest BCUT2D eigenvalue weighted by molar-refractivity contribution is 6.02. The first-order valence-corrected chi connectivity index (χ1v) is 7.15. The van der Waals surface area contributed by atoms with Crippen molar-refractivity contribution in [2.45, 2.75) is 33.6 Å². The lowest BCUT2D eigenvalue weighted by Gasteiger charge is -2.18. The molecule has 0 saturated carbocycles. The van der Waals surface area contributed by atoms with Crippen molar-refractivity contribution in [3.05, 3.63) is 28.7 Å². The SMILES string of the molecule is CNc1nn(-c2nc(C)cc(C)n2)c2c1C(=O)C[C@@H](C)C2. The predicted molar refractivity (Wildman–Crippen MR) is 80.0 cm³/mol. The smallest absolute Gasteiger partial charge is 0.251 e. The van der Waals surface area contributed by atoms with Crippen LogP contribution in [0.5, 0.6) is 0 Å². The number of aryl methyl sites for hydroxylation is 2. The minimum atomic E-state index is 0.142. The molecule has 0 aliphatic heterocycles. The Morgan fingerprint density at radius 3 is 2.52 bits per heavy atom. The number of nitrogens with zero attached hydrogens (tertiary/aromatic N) is 4. The lowest BCUT2D eigenvalue weighted by atomic mass is 9.88. The van der Waals surface area contributed by atoms with Crippen LogP contribution in [-0.2, 0) is 6.42 Å². The fourth-order valence-electron chi connectivity index (χ4n) is 2.90. The van der Waals surface area contributed by atoms with Crippen LogP contribution < -0.4 is 5.32 Å². The number of anilines is 1. The zero-order valence-electron chi connectivity index (χ0n) is 12.8. The van der Waals surface area contributed by atoms with Crippen LogP contribution in [0.4, 0.5) is 5.82 Å². The third-order valence-electron chi connectivity index (χ3n) is 3.73. The van der Waals surface area contributed by atoms with Crippen LogP contribution in [-0.4, -0.2) is 32.6 Å². The highest BCUT2D eigenvalue weighted by Crippen LogP contribution is 2.31. The first kappa shape index (κ1) is 13.7. The van der Waals surface area contributed by atoms with Gasteiger partial charge in [-0.15, -0.1) is 5.10 Å². The number of carbonyl (C=O) groups is 1. The van der Waals surface area contributed by atoms with Gasteiger partial charge in [-0.3, -0.25) is 4.79 Å². The number of rotatable bonds is 2. The van der Waals surface area contributed by atoms with Crippen LogP contribution >= 0.6 is 0 Å². The summed E-state index contributed by atoms with van der Waals surface area (Å²) in [6.45, 7) is 5.95. The van der Waals surface area contributed by atoms with E-state index in [1.165, 1.54) is 0 Å². The van der Waals surface area contributed by atoms with Gasteiger partial charge in [0, 0.05) is 24.9 Å². The first-order valence-electron chi connectivity index (χ1n) is 7.15. The molecule has 0 fully saturated rings. The molecular weight excluding hydrogens is 266 g/mol.